The lowest BCUT2D eigenvalue weighted by molar-refractivity contribution is -0.123. The molecule has 8 heteroatoms. The van der Waals surface area contributed by atoms with Crippen molar-refractivity contribution in [2.75, 3.05) is 39.0 Å². The monoisotopic (exact) mass is 535 g/mol. The number of piperazine rings is 1. The van der Waals surface area contributed by atoms with E-state index in [-0.39, 0.29) is 23.3 Å². The molecular formula is C30H37N3O4S. The van der Waals surface area contributed by atoms with E-state index in [9.17, 15) is 18.3 Å². The predicted octanol–water partition coefficient (Wildman–Crippen LogP) is 3.31. The fraction of sp³-hybridized carbons (Fsp3) is 0.433. The molecule has 0 saturated carbocycles. The summed E-state index contributed by atoms with van der Waals surface area (Å²) in [5.41, 5.74) is 3.70. The van der Waals surface area contributed by atoms with Gasteiger partial charge in [-0.15, -0.1) is 0 Å². The summed E-state index contributed by atoms with van der Waals surface area (Å²) in [5.74, 6) is -0.819. The number of hydrogen-bond acceptors (Lipinski definition) is 6. The van der Waals surface area contributed by atoms with Crippen LogP contribution >= 0.6 is 0 Å². The summed E-state index contributed by atoms with van der Waals surface area (Å²) < 4.78 is 25.8. The lowest BCUT2D eigenvalue weighted by Crippen LogP contribution is -2.43. The van der Waals surface area contributed by atoms with Gasteiger partial charge in [0, 0.05) is 32.7 Å². The second-order valence-corrected chi connectivity index (χ2v) is 12.8. The molecule has 2 N–H and O–H groups in total. The zero-order valence-corrected chi connectivity index (χ0v) is 22.8. The topological polar surface area (TPSA) is 89.9 Å². The van der Waals surface area contributed by atoms with Crippen LogP contribution in [-0.2, 0) is 27.6 Å². The summed E-state index contributed by atoms with van der Waals surface area (Å²) in [4.78, 5) is 17.8. The van der Waals surface area contributed by atoms with Crippen LogP contribution in [0.3, 0.4) is 0 Å². The first-order chi connectivity index (χ1) is 18.3. The maximum absolute atomic E-state index is 12.9. The third-order valence-corrected chi connectivity index (χ3v) is 9.57. The van der Waals surface area contributed by atoms with Crippen molar-refractivity contribution in [1.82, 2.24) is 15.1 Å². The van der Waals surface area contributed by atoms with Gasteiger partial charge < -0.3 is 15.3 Å². The molecule has 0 spiro atoms. The Morgan fingerprint density at radius 1 is 1.03 bits per heavy atom. The molecule has 1 amide bonds. The van der Waals surface area contributed by atoms with Gasteiger partial charge in [-0.05, 0) is 65.9 Å². The predicted molar refractivity (Wildman–Crippen MR) is 150 cm³/mol. The number of carbonyl (C=O) groups excluding carboxylic acids is 1. The standard InChI is InChI=1S/C30H37N3O4S/c1-32-13-15-33(16-14-32)20-22-9-12-28-25(17-22)7-4-8-29(28)31-30(35)19-26(34)21-38(36,37)27-11-10-23-5-2-3-6-24(23)18-27/h2-3,5-6,9-12,17-18,26,29,34H,4,7-8,13-16,19-21H2,1H3,(H,31,35)/t26-,29+/m0/s1. The second kappa shape index (κ2) is 11.5. The molecule has 1 aliphatic heterocycles. The lowest BCUT2D eigenvalue weighted by atomic mass is 9.86. The van der Waals surface area contributed by atoms with Crippen LogP contribution in [0.4, 0.5) is 0 Å². The molecule has 0 unspecified atom stereocenters. The fourth-order valence-corrected chi connectivity index (χ4v) is 7.02. The van der Waals surface area contributed by atoms with Gasteiger partial charge in [-0.2, -0.15) is 0 Å². The minimum Gasteiger partial charge on any atom is -0.392 e. The van der Waals surface area contributed by atoms with Crippen LogP contribution in [0.2, 0.25) is 0 Å². The Kier molecular flexibility index (Phi) is 8.14. The van der Waals surface area contributed by atoms with Gasteiger partial charge in [0.15, 0.2) is 9.84 Å². The molecule has 3 aromatic rings. The molecule has 202 valence electrons. The number of amides is 1. The van der Waals surface area contributed by atoms with Crippen molar-refractivity contribution in [2.45, 2.75) is 49.3 Å². The second-order valence-electron chi connectivity index (χ2n) is 10.8. The Hall–Kier alpha value is -2.78. The highest BCUT2D eigenvalue weighted by molar-refractivity contribution is 7.91. The van der Waals surface area contributed by atoms with Crippen molar-refractivity contribution in [3.05, 3.63) is 77.4 Å². The fourth-order valence-electron chi connectivity index (χ4n) is 5.62. The van der Waals surface area contributed by atoms with E-state index in [0.29, 0.717) is 0 Å². The van der Waals surface area contributed by atoms with Gasteiger partial charge in [-0.25, -0.2) is 8.42 Å². The van der Waals surface area contributed by atoms with E-state index < -0.39 is 21.7 Å². The first-order valence-electron chi connectivity index (χ1n) is 13.5. The van der Waals surface area contributed by atoms with Crippen LogP contribution in [-0.4, -0.2) is 74.3 Å². The Morgan fingerprint density at radius 3 is 2.58 bits per heavy atom. The molecule has 1 fully saturated rings. The first-order valence-corrected chi connectivity index (χ1v) is 15.1. The quantitative estimate of drug-likeness (QED) is 0.460. The first kappa shape index (κ1) is 26.8. The van der Waals surface area contributed by atoms with Gasteiger partial charge in [0.2, 0.25) is 5.91 Å². The van der Waals surface area contributed by atoms with E-state index in [1.54, 1.807) is 18.2 Å². The number of aliphatic hydroxyl groups excluding tert-OH is 1. The number of rotatable bonds is 8. The molecule has 0 bridgehead atoms. The van der Waals surface area contributed by atoms with E-state index in [2.05, 4.69) is 40.4 Å². The van der Waals surface area contributed by atoms with Gasteiger partial charge in [0.25, 0.3) is 0 Å². The van der Waals surface area contributed by atoms with Gasteiger partial charge >= 0.3 is 0 Å². The molecule has 1 saturated heterocycles. The van der Waals surface area contributed by atoms with E-state index >= 15 is 0 Å². The number of likely N-dealkylation sites (N-methyl/N-ethyl adjacent to an activating group) is 1. The summed E-state index contributed by atoms with van der Waals surface area (Å²) >= 11 is 0. The number of aliphatic hydroxyl groups is 1. The van der Waals surface area contributed by atoms with Crippen LogP contribution in [0.1, 0.15) is 42.0 Å². The summed E-state index contributed by atoms with van der Waals surface area (Å²) in [7, 11) is -1.57. The van der Waals surface area contributed by atoms with Crippen LogP contribution in [0.25, 0.3) is 10.8 Å². The van der Waals surface area contributed by atoms with Gasteiger partial charge in [0.05, 0.1) is 29.2 Å². The largest absolute Gasteiger partial charge is 0.392 e. The molecule has 5 rings (SSSR count). The maximum atomic E-state index is 12.9. The number of aryl methyl sites for hydroxylation is 1. The van der Waals surface area contributed by atoms with Crippen LogP contribution < -0.4 is 5.32 Å². The molecule has 0 aromatic heterocycles. The Bertz CT molecular complexity index is 1400. The van der Waals surface area contributed by atoms with Crippen molar-refractivity contribution in [2.24, 2.45) is 0 Å². The summed E-state index contributed by atoms with van der Waals surface area (Å²) in [6, 6.07) is 18.9. The lowest BCUT2D eigenvalue weighted by Gasteiger charge is -2.33. The number of nitrogens with zero attached hydrogens (tertiary/aromatic N) is 2. The molecule has 7 nitrogen and oxygen atoms in total. The highest BCUT2D eigenvalue weighted by atomic mass is 32.2. The van der Waals surface area contributed by atoms with Gasteiger partial charge in [0.1, 0.15) is 0 Å². The Balaban J connectivity index is 1.18. The third kappa shape index (κ3) is 6.43. The SMILES string of the molecule is CN1CCN(Cc2ccc3c(c2)CCC[C@H]3NC(=O)C[C@H](O)CS(=O)(=O)c2ccc3ccccc3c2)CC1. The Labute approximate surface area is 225 Å². The Morgan fingerprint density at radius 2 is 1.79 bits per heavy atom. The van der Waals surface area contributed by atoms with Gasteiger partial charge in [-0.1, -0.05) is 48.5 Å². The zero-order chi connectivity index (χ0) is 26.7. The molecule has 2 aliphatic rings. The molecular weight excluding hydrogens is 498 g/mol. The summed E-state index contributed by atoms with van der Waals surface area (Å²) in [5, 5.41) is 15.3. The highest BCUT2D eigenvalue weighted by Gasteiger charge is 2.26. The van der Waals surface area contributed by atoms with E-state index in [0.717, 1.165) is 68.3 Å². The summed E-state index contributed by atoms with van der Waals surface area (Å²) in [6.45, 7) is 5.27. The van der Waals surface area contributed by atoms with Crippen LogP contribution in [0.5, 0.6) is 0 Å². The van der Waals surface area contributed by atoms with Crippen molar-refractivity contribution in [3.63, 3.8) is 0 Å². The molecule has 1 heterocycles. The molecule has 0 radical (unpaired) electrons. The van der Waals surface area contributed by atoms with Crippen molar-refractivity contribution in [3.8, 4) is 0 Å². The van der Waals surface area contributed by atoms with E-state index in [1.807, 2.05) is 24.3 Å². The van der Waals surface area contributed by atoms with E-state index in [1.165, 1.54) is 11.1 Å². The average molecular weight is 536 g/mol. The van der Waals surface area contributed by atoms with Gasteiger partial charge in [-0.3, -0.25) is 9.69 Å². The number of sulfone groups is 1. The maximum Gasteiger partial charge on any atom is 0.223 e. The number of benzene rings is 3. The number of hydrogen-bond donors (Lipinski definition) is 2. The zero-order valence-electron chi connectivity index (χ0n) is 22.0. The smallest absolute Gasteiger partial charge is 0.223 e. The van der Waals surface area contributed by atoms with Crippen LogP contribution in [0, 0.1) is 0 Å². The minimum absolute atomic E-state index is 0.117. The number of nitrogens with one attached hydrogen (secondary N) is 1. The number of fused-ring (bicyclic) bond motifs is 2. The normalized spacial score (nSPS) is 19.7. The van der Waals surface area contributed by atoms with Crippen LogP contribution in [0.15, 0.2) is 65.6 Å². The van der Waals surface area contributed by atoms with E-state index in [4.69, 9.17) is 0 Å². The summed E-state index contributed by atoms with van der Waals surface area (Å²) in [6.07, 6.45) is 1.28. The molecule has 2 atom stereocenters. The third-order valence-electron chi connectivity index (χ3n) is 7.77. The average Bonchev–Trinajstić information content (AvgIpc) is 2.89. The molecule has 38 heavy (non-hydrogen) atoms. The van der Waals surface area contributed by atoms with Crippen molar-refractivity contribution < 1.29 is 18.3 Å². The van der Waals surface area contributed by atoms with Crippen molar-refractivity contribution in [1.29, 1.82) is 0 Å². The molecule has 3 aromatic carbocycles. The minimum atomic E-state index is -3.74. The number of carbonyl (C=O) groups is 1. The van der Waals surface area contributed by atoms with Crippen molar-refractivity contribution >= 4 is 26.5 Å². The highest BCUT2D eigenvalue weighted by Crippen LogP contribution is 2.31. The molecule has 1 aliphatic carbocycles.